The molecule has 0 aliphatic carbocycles. The Morgan fingerprint density at radius 3 is 1.88 bits per heavy atom. The second kappa shape index (κ2) is 14.0. The first-order valence-electron chi connectivity index (χ1n) is 13.6. The summed E-state index contributed by atoms with van der Waals surface area (Å²) in [5.41, 5.74) is -3.72. The second-order valence-corrected chi connectivity index (χ2v) is 13.1. The maximum atomic E-state index is 13.6. The van der Waals surface area contributed by atoms with Crippen LogP contribution in [0, 0.1) is 10.8 Å². The molecular weight excluding hydrogens is 516 g/mol. The third kappa shape index (κ3) is 9.50. The van der Waals surface area contributed by atoms with E-state index in [-0.39, 0.29) is 19.6 Å². The molecule has 0 saturated carbocycles. The lowest BCUT2D eigenvalue weighted by molar-refractivity contribution is -0.191. The smallest absolute Gasteiger partial charge is 0.407 e. The maximum absolute atomic E-state index is 13.6. The Hall–Kier alpha value is -3.14. The molecule has 10 nitrogen and oxygen atoms in total. The predicted octanol–water partition coefficient (Wildman–Crippen LogP) is 5.10. The summed E-state index contributed by atoms with van der Waals surface area (Å²) in [6.45, 7) is 15.2. The summed E-state index contributed by atoms with van der Waals surface area (Å²) in [7, 11) is 0. The molecule has 0 bridgehead atoms. The van der Waals surface area contributed by atoms with Gasteiger partial charge in [-0.15, -0.1) is 0 Å². The van der Waals surface area contributed by atoms with Crippen LogP contribution >= 0.6 is 0 Å². The van der Waals surface area contributed by atoms with Crippen molar-refractivity contribution in [2.45, 2.75) is 105 Å². The predicted molar refractivity (Wildman–Crippen MR) is 152 cm³/mol. The van der Waals surface area contributed by atoms with E-state index in [0.717, 1.165) is 5.56 Å². The normalized spacial score (nSPS) is 13.4. The SMILES string of the molecule is CC(C)(C)OC(=O)C(CCCCNC(=O)OCc1ccccc1)N(CC(=O)O)C(C(=O)O)(C(C)(C)C)C(C)(C)C. The molecule has 0 spiro atoms. The third-order valence-corrected chi connectivity index (χ3v) is 6.66. The minimum atomic E-state index is -1.75. The Balaban J connectivity index is 3.20. The van der Waals surface area contributed by atoms with Gasteiger partial charge in [0.05, 0.1) is 6.54 Å². The lowest BCUT2D eigenvalue weighted by Crippen LogP contribution is -2.73. The molecule has 3 N–H and O–H groups in total. The van der Waals surface area contributed by atoms with Gasteiger partial charge in [-0.2, -0.15) is 0 Å². The zero-order chi connectivity index (χ0) is 30.9. The number of nitrogens with zero attached hydrogens (tertiary/aromatic N) is 1. The molecule has 1 unspecified atom stereocenters. The molecule has 226 valence electrons. The number of hydrogen-bond donors (Lipinski definition) is 3. The molecule has 0 radical (unpaired) electrons. The number of amides is 1. The van der Waals surface area contributed by atoms with Crippen LogP contribution in [-0.2, 0) is 30.5 Å². The lowest BCUT2D eigenvalue weighted by Gasteiger charge is -2.57. The highest BCUT2D eigenvalue weighted by Crippen LogP contribution is 2.50. The van der Waals surface area contributed by atoms with Gasteiger partial charge < -0.3 is 25.0 Å². The van der Waals surface area contributed by atoms with Crippen molar-refractivity contribution in [1.82, 2.24) is 10.2 Å². The molecule has 1 aromatic carbocycles. The Kier molecular flexibility index (Phi) is 12.2. The van der Waals surface area contributed by atoms with Crippen LogP contribution in [0.25, 0.3) is 0 Å². The van der Waals surface area contributed by atoms with Crippen LogP contribution in [0.1, 0.15) is 87.1 Å². The van der Waals surface area contributed by atoms with Crippen LogP contribution in [-0.4, -0.2) is 69.4 Å². The summed E-state index contributed by atoms with van der Waals surface area (Å²) in [6.07, 6.45) is 0.393. The number of benzene rings is 1. The van der Waals surface area contributed by atoms with E-state index in [1.54, 1.807) is 62.3 Å². The van der Waals surface area contributed by atoms with Gasteiger partial charge in [-0.3, -0.25) is 19.3 Å². The molecule has 1 atom stereocenters. The molecule has 0 aliphatic heterocycles. The van der Waals surface area contributed by atoms with Crippen molar-refractivity contribution in [3.8, 4) is 0 Å². The summed E-state index contributed by atoms with van der Waals surface area (Å²) >= 11 is 0. The largest absolute Gasteiger partial charge is 0.480 e. The van der Waals surface area contributed by atoms with Gasteiger partial charge in [0.15, 0.2) is 0 Å². The summed E-state index contributed by atoms with van der Waals surface area (Å²) in [6, 6.07) is 8.11. The molecule has 0 heterocycles. The van der Waals surface area contributed by atoms with Crippen molar-refractivity contribution >= 4 is 24.0 Å². The summed E-state index contributed by atoms with van der Waals surface area (Å²) in [5, 5.41) is 23.2. The van der Waals surface area contributed by atoms with E-state index in [2.05, 4.69) is 5.32 Å². The number of ether oxygens (including phenoxy) is 2. The quantitative estimate of drug-likeness (QED) is 0.220. The summed E-state index contributed by atoms with van der Waals surface area (Å²) in [4.78, 5) is 52.2. The molecule has 1 amide bonds. The van der Waals surface area contributed by atoms with E-state index in [1.165, 1.54) is 4.90 Å². The van der Waals surface area contributed by atoms with Gasteiger partial charge in [-0.25, -0.2) is 4.79 Å². The first kappa shape index (κ1) is 34.9. The number of rotatable bonds is 13. The van der Waals surface area contributed by atoms with Crippen LogP contribution in [0.5, 0.6) is 0 Å². The number of aliphatic carboxylic acids is 2. The summed E-state index contributed by atoms with van der Waals surface area (Å²) < 4.78 is 10.9. The van der Waals surface area contributed by atoms with E-state index in [1.807, 2.05) is 30.3 Å². The average molecular weight is 565 g/mol. The van der Waals surface area contributed by atoms with Crippen LogP contribution in [0.15, 0.2) is 30.3 Å². The second-order valence-electron chi connectivity index (χ2n) is 13.1. The molecule has 1 rings (SSSR count). The number of unbranched alkanes of at least 4 members (excludes halogenated alkanes) is 1. The molecule has 0 aliphatic rings. The van der Waals surface area contributed by atoms with Gasteiger partial charge >= 0.3 is 24.0 Å². The van der Waals surface area contributed by atoms with Crippen molar-refractivity contribution in [1.29, 1.82) is 0 Å². The zero-order valence-corrected chi connectivity index (χ0v) is 25.5. The monoisotopic (exact) mass is 564 g/mol. The number of carboxylic acid groups (broad SMARTS) is 2. The molecular formula is C30H48N2O8. The number of hydrogen-bond acceptors (Lipinski definition) is 7. The molecule has 1 aromatic rings. The Morgan fingerprint density at radius 1 is 0.875 bits per heavy atom. The van der Waals surface area contributed by atoms with Crippen LogP contribution in [0.2, 0.25) is 0 Å². The molecule has 0 aromatic heterocycles. The number of nitrogens with one attached hydrogen (secondary N) is 1. The first-order chi connectivity index (χ1) is 18.2. The van der Waals surface area contributed by atoms with Crippen LogP contribution < -0.4 is 5.32 Å². The summed E-state index contributed by atoms with van der Waals surface area (Å²) in [5.74, 6) is -3.16. The Bertz CT molecular complexity index is 989. The van der Waals surface area contributed by atoms with Gasteiger partial charge in [0.25, 0.3) is 0 Å². The molecule has 10 heteroatoms. The van der Waals surface area contributed by atoms with Crippen molar-refractivity contribution in [3.05, 3.63) is 35.9 Å². The van der Waals surface area contributed by atoms with Crippen LogP contribution in [0.4, 0.5) is 4.79 Å². The first-order valence-corrected chi connectivity index (χ1v) is 13.6. The van der Waals surface area contributed by atoms with Gasteiger partial charge in [0.1, 0.15) is 23.8 Å². The van der Waals surface area contributed by atoms with E-state index < -0.39 is 58.6 Å². The highest BCUT2D eigenvalue weighted by molar-refractivity contribution is 5.85. The number of carbonyl (C=O) groups excluding carboxylic acids is 2. The highest BCUT2D eigenvalue weighted by atomic mass is 16.6. The van der Waals surface area contributed by atoms with E-state index in [4.69, 9.17) is 9.47 Å². The van der Waals surface area contributed by atoms with E-state index >= 15 is 0 Å². The van der Waals surface area contributed by atoms with Crippen molar-refractivity contribution in [2.24, 2.45) is 10.8 Å². The Labute approximate surface area is 238 Å². The van der Waals surface area contributed by atoms with Crippen molar-refractivity contribution in [3.63, 3.8) is 0 Å². The molecule has 0 fully saturated rings. The average Bonchev–Trinajstić information content (AvgIpc) is 2.77. The lowest BCUT2D eigenvalue weighted by atomic mass is 9.58. The van der Waals surface area contributed by atoms with Gasteiger partial charge in [-0.05, 0) is 56.4 Å². The number of esters is 1. The van der Waals surface area contributed by atoms with E-state index in [9.17, 15) is 29.4 Å². The van der Waals surface area contributed by atoms with Gasteiger partial charge in [0, 0.05) is 6.54 Å². The fraction of sp³-hybridized carbons (Fsp3) is 0.667. The fourth-order valence-electron chi connectivity index (χ4n) is 5.56. The zero-order valence-electron chi connectivity index (χ0n) is 25.5. The third-order valence-electron chi connectivity index (χ3n) is 6.66. The van der Waals surface area contributed by atoms with Crippen molar-refractivity contribution < 1.29 is 38.9 Å². The van der Waals surface area contributed by atoms with Gasteiger partial charge in [-0.1, -0.05) is 71.9 Å². The standard InChI is InChI=1S/C30H48N2O8/c1-27(2,3)30(25(36)37,28(4,5)6)32(19-23(33)34)22(24(35)40-29(7,8)9)17-13-14-18-31-26(38)39-20-21-15-11-10-12-16-21/h10-12,15-16,22H,13-14,17-20H2,1-9H3,(H,31,38)(H,33,34)(H,36,37). The number of carboxylic acids is 2. The number of carbonyl (C=O) groups is 4. The molecule has 0 saturated heterocycles. The highest BCUT2D eigenvalue weighted by Gasteiger charge is 2.63. The minimum absolute atomic E-state index is 0.129. The fourth-order valence-corrected chi connectivity index (χ4v) is 5.56. The van der Waals surface area contributed by atoms with E-state index in [0.29, 0.717) is 12.8 Å². The topological polar surface area (TPSA) is 142 Å². The minimum Gasteiger partial charge on any atom is -0.480 e. The van der Waals surface area contributed by atoms with Gasteiger partial charge in [0.2, 0.25) is 0 Å². The maximum Gasteiger partial charge on any atom is 0.407 e. The number of alkyl carbamates (subject to hydrolysis) is 1. The van der Waals surface area contributed by atoms with Crippen molar-refractivity contribution in [2.75, 3.05) is 13.1 Å². The van der Waals surface area contributed by atoms with Crippen LogP contribution in [0.3, 0.4) is 0 Å². The molecule has 40 heavy (non-hydrogen) atoms. The Morgan fingerprint density at radius 2 is 1.43 bits per heavy atom.